The molecule has 0 spiro atoms. The zero-order valence-corrected chi connectivity index (χ0v) is 20.1. The summed E-state index contributed by atoms with van der Waals surface area (Å²) in [5.41, 5.74) is 13.1. The molecule has 1 aromatic carbocycles. The number of rotatable bonds is 9. The van der Waals surface area contributed by atoms with Gasteiger partial charge in [-0.1, -0.05) is 12.1 Å². The van der Waals surface area contributed by atoms with Gasteiger partial charge in [-0.05, 0) is 85.8 Å². The normalized spacial score (nSPS) is 14.5. The van der Waals surface area contributed by atoms with Crippen LogP contribution in [0.1, 0.15) is 36.3 Å². The van der Waals surface area contributed by atoms with E-state index in [2.05, 4.69) is 58.5 Å². The van der Waals surface area contributed by atoms with E-state index < -0.39 is 0 Å². The standard InChI is InChI=1S/C27H35N5O2/c1-32(2)18-23-14-20(4-5-24(23)19-7-12-34-13-8-19)22-15-25(27(28)31-17-22)21-6-10-30-26(16-21)29-9-3-11-33/h4-6,10,14-17,19,33H,3,7-9,11-13,18H2,1-2H3,(H2,28,31)(H,29,30). The first-order valence-corrected chi connectivity index (χ1v) is 12.0. The van der Waals surface area contributed by atoms with Crippen LogP contribution >= 0.6 is 0 Å². The van der Waals surface area contributed by atoms with Crippen molar-refractivity contribution in [2.45, 2.75) is 31.7 Å². The number of nitrogen functional groups attached to an aromatic ring is 1. The van der Waals surface area contributed by atoms with Crippen LogP contribution < -0.4 is 11.1 Å². The first kappa shape index (κ1) is 24.1. The van der Waals surface area contributed by atoms with Crippen LogP contribution in [0.25, 0.3) is 22.3 Å². The number of hydrogen-bond acceptors (Lipinski definition) is 7. The van der Waals surface area contributed by atoms with E-state index in [4.69, 9.17) is 15.6 Å². The molecule has 34 heavy (non-hydrogen) atoms. The average molecular weight is 462 g/mol. The van der Waals surface area contributed by atoms with Crippen LogP contribution in [0.15, 0.2) is 48.8 Å². The third kappa shape index (κ3) is 5.91. The fraction of sp³-hybridized carbons (Fsp3) is 0.407. The zero-order chi connectivity index (χ0) is 23.9. The van der Waals surface area contributed by atoms with Crippen molar-refractivity contribution in [3.63, 3.8) is 0 Å². The van der Waals surface area contributed by atoms with Crippen LogP contribution in [0.2, 0.25) is 0 Å². The molecule has 4 rings (SSSR count). The first-order chi connectivity index (χ1) is 16.5. The number of ether oxygens (including phenoxy) is 1. The van der Waals surface area contributed by atoms with Gasteiger partial charge in [-0.2, -0.15) is 0 Å². The summed E-state index contributed by atoms with van der Waals surface area (Å²) in [5, 5.41) is 12.3. The van der Waals surface area contributed by atoms with Crippen LogP contribution in [0.3, 0.4) is 0 Å². The van der Waals surface area contributed by atoms with Gasteiger partial charge >= 0.3 is 0 Å². The molecule has 1 aliphatic rings. The van der Waals surface area contributed by atoms with E-state index in [1.165, 1.54) is 11.1 Å². The molecular formula is C27H35N5O2. The van der Waals surface area contributed by atoms with Gasteiger partial charge in [0.2, 0.25) is 0 Å². The summed E-state index contributed by atoms with van der Waals surface area (Å²) in [6.45, 7) is 3.37. The largest absolute Gasteiger partial charge is 0.396 e. The Kier molecular flexibility index (Phi) is 8.11. The van der Waals surface area contributed by atoms with Crippen LogP contribution in [-0.4, -0.2) is 60.4 Å². The SMILES string of the molecule is CN(C)Cc1cc(-c2cnc(N)c(-c3ccnc(NCCCO)c3)c2)ccc1C1CCOCC1. The number of pyridine rings is 2. The van der Waals surface area contributed by atoms with Gasteiger partial charge in [0.25, 0.3) is 0 Å². The Balaban J connectivity index is 1.66. The Morgan fingerprint density at radius 1 is 1.06 bits per heavy atom. The molecule has 0 unspecified atom stereocenters. The third-order valence-electron chi connectivity index (χ3n) is 6.25. The van der Waals surface area contributed by atoms with Gasteiger partial charge in [0, 0.05) is 56.4 Å². The van der Waals surface area contributed by atoms with Crippen molar-refractivity contribution < 1.29 is 9.84 Å². The lowest BCUT2D eigenvalue weighted by molar-refractivity contribution is 0.0850. The Bertz CT molecular complexity index is 1100. The topological polar surface area (TPSA) is 96.5 Å². The molecule has 3 aromatic rings. The Morgan fingerprint density at radius 2 is 1.88 bits per heavy atom. The highest BCUT2D eigenvalue weighted by atomic mass is 16.5. The number of nitrogens with zero attached hydrogens (tertiary/aromatic N) is 3. The van der Waals surface area contributed by atoms with Crippen LogP contribution in [0.4, 0.5) is 11.6 Å². The maximum atomic E-state index is 9.02. The van der Waals surface area contributed by atoms with Crippen molar-refractivity contribution in [2.24, 2.45) is 0 Å². The predicted molar refractivity (Wildman–Crippen MR) is 138 cm³/mol. The molecule has 1 fully saturated rings. The highest BCUT2D eigenvalue weighted by Gasteiger charge is 2.20. The molecule has 4 N–H and O–H groups in total. The third-order valence-corrected chi connectivity index (χ3v) is 6.25. The molecule has 0 radical (unpaired) electrons. The Morgan fingerprint density at radius 3 is 2.65 bits per heavy atom. The van der Waals surface area contributed by atoms with Crippen LogP contribution in [-0.2, 0) is 11.3 Å². The summed E-state index contributed by atoms with van der Waals surface area (Å²) in [7, 11) is 4.22. The number of nitrogens with two attached hydrogens (primary N) is 1. The van der Waals surface area contributed by atoms with Gasteiger partial charge < -0.3 is 25.8 Å². The molecule has 7 nitrogen and oxygen atoms in total. The molecule has 0 aliphatic carbocycles. The minimum absolute atomic E-state index is 0.148. The van der Waals surface area contributed by atoms with E-state index in [-0.39, 0.29) is 6.61 Å². The number of aliphatic hydroxyl groups excluding tert-OH is 1. The average Bonchev–Trinajstić information content (AvgIpc) is 2.85. The van der Waals surface area contributed by atoms with Crippen molar-refractivity contribution >= 4 is 11.6 Å². The Hall–Kier alpha value is -3.00. The monoisotopic (exact) mass is 461 g/mol. The van der Waals surface area contributed by atoms with E-state index >= 15 is 0 Å². The number of anilines is 2. The molecule has 7 heteroatoms. The molecule has 1 saturated heterocycles. The minimum atomic E-state index is 0.148. The van der Waals surface area contributed by atoms with Gasteiger partial charge in [0.05, 0.1) is 0 Å². The van der Waals surface area contributed by atoms with Crippen molar-refractivity contribution in [3.05, 3.63) is 59.9 Å². The molecule has 3 heterocycles. The summed E-state index contributed by atoms with van der Waals surface area (Å²) in [6.07, 6.45) is 6.43. The van der Waals surface area contributed by atoms with Gasteiger partial charge in [0.15, 0.2) is 0 Å². The van der Waals surface area contributed by atoms with E-state index in [0.29, 0.717) is 24.7 Å². The van der Waals surface area contributed by atoms with E-state index in [9.17, 15) is 0 Å². The van der Waals surface area contributed by atoms with Gasteiger partial charge in [0.1, 0.15) is 11.6 Å². The van der Waals surface area contributed by atoms with E-state index in [0.717, 1.165) is 60.7 Å². The molecule has 0 saturated carbocycles. The highest BCUT2D eigenvalue weighted by molar-refractivity contribution is 5.80. The van der Waals surface area contributed by atoms with E-state index in [1.54, 1.807) is 6.20 Å². The minimum Gasteiger partial charge on any atom is -0.396 e. The second-order valence-electron chi connectivity index (χ2n) is 9.13. The number of hydrogen-bond donors (Lipinski definition) is 3. The number of aliphatic hydroxyl groups is 1. The summed E-state index contributed by atoms with van der Waals surface area (Å²) >= 11 is 0. The van der Waals surface area contributed by atoms with Crippen molar-refractivity contribution in [1.82, 2.24) is 14.9 Å². The fourth-order valence-electron chi connectivity index (χ4n) is 4.52. The molecule has 180 valence electrons. The highest BCUT2D eigenvalue weighted by Crippen LogP contribution is 2.35. The molecule has 0 bridgehead atoms. The molecular weight excluding hydrogens is 426 g/mol. The maximum Gasteiger partial charge on any atom is 0.131 e. The molecule has 1 aliphatic heterocycles. The number of aromatic nitrogens is 2. The van der Waals surface area contributed by atoms with Crippen LogP contribution in [0, 0.1) is 0 Å². The smallest absolute Gasteiger partial charge is 0.131 e. The fourth-order valence-corrected chi connectivity index (χ4v) is 4.52. The maximum absolute atomic E-state index is 9.02. The van der Waals surface area contributed by atoms with Crippen molar-refractivity contribution in [1.29, 1.82) is 0 Å². The second kappa shape index (κ2) is 11.4. The van der Waals surface area contributed by atoms with Crippen LogP contribution in [0.5, 0.6) is 0 Å². The lowest BCUT2D eigenvalue weighted by atomic mass is 9.86. The predicted octanol–water partition coefficient (Wildman–Crippen LogP) is 4.14. The molecule has 0 atom stereocenters. The molecule has 2 aromatic heterocycles. The molecule has 0 amide bonds. The first-order valence-electron chi connectivity index (χ1n) is 12.0. The number of benzene rings is 1. The zero-order valence-electron chi connectivity index (χ0n) is 20.1. The number of nitrogens with one attached hydrogen (secondary N) is 1. The second-order valence-corrected chi connectivity index (χ2v) is 9.13. The van der Waals surface area contributed by atoms with Gasteiger partial charge in [-0.3, -0.25) is 0 Å². The summed E-state index contributed by atoms with van der Waals surface area (Å²) < 4.78 is 5.59. The summed E-state index contributed by atoms with van der Waals surface area (Å²) in [4.78, 5) is 11.1. The van der Waals surface area contributed by atoms with Gasteiger partial charge in [-0.25, -0.2) is 9.97 Å². The Labute approximate surface area is 202 Å². The lowest BCUT2D eigenvalue weighted by Crippen LogP contribution is -2.18. The lowest BCUT2D eigenvalue weighted by Gasteiger charge is -2.26. The van der Waals surface area contributed by atoms with Gasteiger partial charge in [-0.15, -0.1) is 0 Å². The summed E-state index contributed by atoms with van der Waals surface area (Å²) in [6, 6.07) is 12.8. The van der Waals surface area contributed by atoms with Crippen molar-refractivity contribution in [2.75, 3.05) is 51.5 Å². The quantitative estimate of drug-likeness (QED) is 0.412. The summed E-state index contributed by atoms with van der Waals surface area (Å²) in [5.74, 6) is 1.79. The van der Waals surface area contributed by atoms with E-state index in [1.807, 2.05) is 18.3 Å². The van der Waals surface area contributed by atoms with Crippen molar-refractivity contribution in [3.8, 4) is 22.3 Å².